The molecule has 7 nitrogen and oxygen atoms in total. The summed E-state index contributed by atoms with van der Waals surface area (Å²) in [5.41, 5.74) is 2.07. The molecular weight excluding hydrogens is 280 g/mol. The van der Waals surface area contributed by atoms with E-state index in [2.05, 4.69) is 19.9 Å². The van der Waals surface area contributed by atoms with E-state index in [1.54, 1.807) is 19.6 Å². The Morgan fingerprint density at radius 2 is 1.73 bits per heavy atom. The van der Waals surface area contributed by atoms with E-state index in [0.717, 1.165) is 49.2 Å². The van der Waals surface area contributed by atoms with Crippen molar-refractivity contribution in [1.29, 1.82) is 0 Å². The molecule has 1 amide bonds. The highest BCUT2D eigenvalue weighted by atomic mass is 16.2. The number of carbonyl (C=O) groups is 1. The fourth-order valence-corrected chi connectivity index (χ4v) is 2.62. The Labute approximate surface area is 129 Å². The smallest absolute Gasteiger partial charge is 0.219 e. The zero-order valence-corrected chi connectivity index (χ0v) is 13.2. The zero-order valence-electron chi connectivity index (χ0n) is 13.2. The van der Waals surface area contributed by atoms with Crippen LogP contribution in [0.25, 0.3) is 5.82 Å². The lowest BCUT2D eigenvalue weighted by Crippen LogP contribution is -2.48. The average Bonchev–Trinajstić information content (AvgIpc) is 2.87. The molecule has 0 aliphatic carbocycles. The van der Waals surface area contributed by atoms with E-state index in [4.69, 9.17) is 0 Å². The van der Waals surface area contributed by atoms with Crippen LogP contribution in [0, 0.1) is 13.8 Å². The SMILES string of the molecule is CC(=O)N1CCN(c2cc(-n3cnc(C)c3C)ncn2)CC1. The zero-order chi connectivity index (χ0) is 15.7. The summed E-state index contributed by atoms with van der Waals surface area (Å²) in [6, 6.07) is 1.97. The van der Waals surface area contributed by atoms with Gasteiger partial charge >= 0.3 is 0 Å². The number of carbonyl (C=O) groups excluding carboxylic acids is 1. The Balaban J connectivity index is 1.80. The quantitative estimate of drug-likeness (QED) is 0.826. The monoisotopic (exact) mass is 300 g/mol. The maximum Gasteiger partial charge on any atom is 0.219 e. The van der Waals surface area contributed by atoms with E-state index < -0.39 is 0 Å². The van der Waals surface area contributed by atoms with Crippen LogP contribution < -0.4 is 4.90 Å². The second-order valence-electron chi connectivity index (χ2n) is 5.51. The lowest BCUT2D eigenvalue weighted by molar-refractivity contribution is -0.129. The Morgan fingerprint density at radius 1 is 1.05 bits per heavy atom. The van der Waals surface area contributed by atoms with E-state index in [1.165, 1.54) is 0 Å². The molecular formula is C15H20N6O. The number of aryl methyl sites for hydroxylation is 1. The summed E-state index contributed by atoms with van der Waals surface area (Å²) in [5, 5.41) is 0. The molecule has 3 heterocycles. The predicted molar refractivity (Wildman–Crippen MR) is 83.1 cm³/mol. The Morgan fingerprint density at radius 3 is 2.32 bits per heavy atom. The molecule has 0 N–H and O–H groups in total. The van der Waals surface area contributed by atoms with Gasteiger partial charge in [-0.25, -0.2) is 15.0 Å². The van der Waals surface area contributed by atoms with Gasteiger partial charge in [0, 0.05) is 44.9 Å². The fraction of sp³-hybridized carbons (Fsp3) is 0.467. The Bertz CT molecular complexity index is 687. The lowest BCUT2D eigenvalue weighted by Gasteiger charge is -2.34. The van der Waals surface area contributed by atoms with Crippen molar-refractivity contribution in [2.75, 3.05) is 31.1 Å². The molecule has 7 heteroatoms. The molecule has 0 unspecified atom stereocenters. The summed E-state index contributed by atoms with van der Waals surface area (Å²) in [6.45, 7) is 8.67. The van der Waals surface area contributed by atoms with Gasteiger partial charge in [-0.3, -0.25) is 9.36 Å². The molecule has 1 fully saturated rings. The summed E-state index contributed by atoms with van der Waals surface area (Å²) in [5.74, 6) is 1.84. The first kappa shape index (κ1) is 14.5. The highest BCUT2D eigenvalue weighted by molar-refractivity contribution is 5.73. The topological polar surface area (TPSA) is 67.2 Å². The Kier molecular flexibility index (Phi) is 3.79. The van der Waals surface area contributed by atoms with Crippen molar-refractivity contribution >= 4 is 11.7 Å². The van der Waals surface area contributed by atoms with Crippen molar-refractivity contribution in [3.05, 3.63) is 30.1 Å². The second kappa shape index (κ2) is 5.75. The second-order valence-corrected chi connectivity index (χ2v) is 5.51. The van der Waals surface area contributed by atoms with Crippen molar-refractivity contribution < 1.29 is 4.79 Å². The van der Waals surface area contributed by atoms with E-state index in [9.17, 15) is 4.79 Å². The first-order valence-electron chi connectivity index (χ1n) is 7.39. The van der Waals surface area contributed by atoms with Crippen LogP contribution in [0.2, 0.25) is 0 Å². The van der Waals surface area contributed by atoms with Crippen LogP contribution in [0.15, 0.2) is 18.7 Å². The molecule has 0 aromatic carbocycles. The van der Waals surface area contributed by atoms with Gasteiger partial charge in [-0.05, 0) is 13.8 Å². The summed E-state index contributed by atoms with van der Waals surface area (Å²) >= 11 is 0. The molecule has 22 heavy (non-hydrogen) atoms. The van der Waals surface area contributed by atoms with Gasteiger partial charge in [0.1, 0.15) is 24.3 Å². The number of aromatic nitrogens is 4. The summed E-state index contributed by atoms with van der Waals surface area (Å²) in [6.07, 6.45) is 3.36. The minimum absolute atomic E-state index is 0.132. The Hall–Kier alpha value is -2.44. The van der Waals surface area contributed by atoms with Gasteiger partial charge in [-0.2, -0.15) is 0 Å². The third kappa shape index (κ3) is 2.66. The van der Waals surface area contributed by atoms with Gasteiger partial charge < -0.3 is 9.80 Å². The van der Waals surface area contributed by atoms with Crippen LogP contribution >= 0.6 is 0 Å². The molecule has 0 saturated carbocycles. The minimum Gasteiger partial charge on any atom is -0.353 e. The third-order valence-corrected chi connectivity index (χ3v) is 4.19. The van der Waals surface area contributed by atoms with Crippen molar-refractivity contribution in [3.63, 3.8) is 0 Å². The molecule has 116 valence electrons. The number of piperazine rings is 1. The van der Waals surface area contributed by atoms with Crippen LogP contribution in [0.4, 0.5) is 5.82 Å². The molecule has 0 atom stereocenters. The number of rotatable bonds is 2. The van der Waals surface area contributed by atoms with E-state index in [0.29, 0.717) is 0 Å². The predicted octanol–water partition coefficient (Wildman–Crippen LogP) is 0.948. The summed E-state index contributed by atoms with van der Waals surface area (Å²) in [4.78, 5) is 28.5. The molecule has 0 radical (unpaired) electrons. The normalized spacial score (nSPS) is 15.2. The number of amides is 1. The first-order valence-corrected chi connectivity index (χ1v) is 7.39. The molecule has 2 aromatic heterocycles. The van der Waals surface area contributed by atoms with Gasteiger partial charge in [0.05, 0.1) is 5.69 Å². The van der Waals surface area contributed by atoms with Crippen LogP contribution in [-0.4, -0.2) is 56.5 Å². The van der Waals surface area contributed by atoms with Gasteiger partial charge in [0.15, 0.2) is 0 Å². The third-order valence-electron chi connectivity index (χ3n) is 4.19. The van der Waals surface area contributed by atoms with E-state index >= 15 is 0 Å². The van der Waals surface area contributed by atoms with Crippen molar-refractivity contribution in [3.8, 4) is 5.82 Å². The average molecular weight is 300 g/mol. The molecule has 1 aliphatic heterocycles. The number of hydrogen-bond donors (Lipinski definition) is 0. The first-order chi connectivity index (χ1) is 10.6. The maximum absolute atomic E-state index is 11.4. The fourth-order valence-electron chi connectivity index (χ4n) is 2.62. The van der Waals surface area contributed by atoms with Gasteiger partial charge in [0.25, 0.3) is 0 Å². The van der Waals surface area contributed by atoms with Crippen LogP contribution in [0.5, 0.6) is 0 Å². The molecule has 3 rings (SSSR count). The van der Waals surface area contributed by atoms with Gasteiger partial charge in [-0.1, -0.05) is 0 Å². The van der Waals surface area contributed by atoms with Crippen LogP contribution in [0.3, 0.4) is 0 Å². The van der Waals surface area contributed by atoms with Gasteiger partial charge in [-0.15, -0.1) is 0 Å². The van der Waals surface area contributed by atoms with Gasteiger partial charge in [0.2, 0.25) is 5.91 Å². The van der Waals surface area contributed by atoms with Crippen LogP contribution in [-0.2, 0) is 4.79 Å². The maximum atomic E-state index is 11.4. The minimum atomic E-state index is 0.132. The summed E-state index contributed by atoms with van der Waals surface area (Å²) < 4.78 is 1.96. The van der Waals surface area contributed by atoms with Crippen molar-refractivity contribution in [2.45, 2.75) is 20.8 Å². The van der Waals surface area contributed by atoms with Crippen molar-refractivity contribution in [1.82, 2.24) is 24.4 Å². The molecule has 0 spiro atoms. The standard InChI is InChI=1S/C15H20N6O/c1-11-12(2)21(10-18-11)15-8-14(16-9-17-15)20-6-4-19(5-7-20)13(3)22/h8-10H,4-7H2,1-3H3. The number of hydrogen-bond acceptors (Lipinski definition) is 5. The number of imidazole rings is 1. The van der Waals surface area contributed by atoms with Crippen LogP contribution in [0.1, 0.15) is 18.3 Å². The highest BCUT2D eigenvalue weighted by Crippen LogP contribution is 2.18. The summed E-state index contributed by atoms with van der Waals surface area (Å²) in [7, 11) is 0. The largest absolute Gasteiger partial charge is 0.353 e. The molecule has 2 aromatic rings. The molecule has 0 bridgehead atoms. The number of anilines is 1. The molecule has 1 saturated heterocycles. The van der Waals surface area contributed by atoms with Crippen molar-refractivity contribution in [2.24, 2.45) is 0 Å². The van der Waals surface area contributed by atoms with E-state index in [1.807, 2.05) is 29.4 Å². The highest BCUT2D eigenvalue weighted by Gasteiger charge is 2.20. The lowest BCUT2D eigenvalue weighted by atomic mass is 10.3. The van der Waals surface area contributed by atoms with E-state index in [-0.39, 0.29) is 5.91 Å². The molecule has 1 aliphatic rings. The number of nitrogens with zero attached hydrogens (tertiary/aromatic N) is 6.